The Hall–Kier alpha value is -1.09. The van der Waals surface area contributed by atoms with Crippen molar-refractivity contribution in [2.24, 2.45) is 0 Å². The summed E-state index contributed by atoms with van der Waals surface area (Å²) in [7, 11) is 0. The highest BCUT2D eigenvalue weighted by Gasteiger charge is 2.36. The number of carbonyl (C=O) groups is 1. The lowest BCUT2D eigenvalue weighted by Gasteiger charge is -2.39. The quantitative estimate of drug-likeness (QED) is 0.645. The van der Waals surface area contributed by atoms with Gasteiger partial charge in [0.2, 0.25) is 0 Å². The lowest BCUT2D eigenvalue weighted by atomic mass is 10.1. The van der Waals surface area contributed by atoms with Crippen LogP contribution in [-0.2, 0) is 4.74 Å². The third kappa shape index (κ3) is 2.88. The molecule has 1 saturated heterocycles. The topological polar surface area (TPSA) is 60.2 Å². The third-order valence-corrected chi connectivity index (χ3v) is 4.39. The van der Waals surface area contributed by atoms with Crippen LogP contribution < -0.4 is 0 Å². The number of hydrogen-bond donors (Lipinski definition) is 0. The number of amides is 1. The molecule has 0 saturated carbocycles. The second-order valence-electron chi connectivity index (χ2n) is 6.26. The van der Waals surface area contributed by atoms with Crippen LogP contribution in [0.15, 0.2) is 12.3 Å². The molecule has 0 N–H and O–H groups in total. The Morgan fingerprint density at radius 3 is 2.77 bits per heavy atom. The van der Waals surface area contributed by atoms with Gasteiger partial charge in [0.05, 0.1) is 11.1 Å². The molecule has 2 aromatic rings. The predicted octanol–water partition coefficient (Wildman–Crippen LogP) is 3.48. The Morgan fingerprint density at radius 1 is 1.45 bits per heavy atom. The van der Waals surface area contributed by atoms with Crippen molar-refractivity contribution in [2.45, 2.75) is 32.4 Å². The van der Waals surface area contributed by atoms with Gasteiger partial charge in [-0.2, -0.15) is 5.10 Å². The first-order valence-electron chi connectivity index (χ1n) is 6.92. The fourth-order valence-electron chi connectivity index (χ4n) is 2.34. The van der Waals surface area contributed by atoms with Gasteiger partial charge in [0.25, 0.3) is 0 Å². The largest absolute Gasteiger partial charge is 0.444 e. The zero-order valence-corrected chi connectivity index (χ0v) is 15.4. The molecule has 0 unspecified atom stereocenters. The summed E-state index contributed by atoms with van der Waals surface area (Å²) in [5.41, 5.74) is 1.13. The van der Waals surface area contributed by atoms with Gasteiger partial charge in [-0.3, -0.25) is 9.67 Å². The number of likely N-dealkylation sites (tertiary alicyclic amines) is 1. The van der Waals surface area contributed by atoms with Gasteiger partial charge >= 0.3 is 6.09 Å². The van der Waals surface area contributed by atoms with Crippen LogP contribution in [-0.4, -0.2) is 44.4 Å². The summed E-state index contributed by atoms with van der Waals surface area (Å²) < 4.78 is 8.04. The number of rotatable bonds is 1. The van der Waals surface area contributed by atoms with Crippen LogP contribution in [0.4, 0.5) is 4.79 Å². The number of pyridine rings is 1. The van der Waals surface area contributed by atoms with Crippen molar-refractivity contribution in [3.8, 4) is 0 Å². The van der Waals surface area contributed by atoms with E-state index in [0.717, 1.165) is 14.7 Å². The Labute approximate surface area is 146 Å². The lowest BCUT2D eigenvalue weighted by molar-refractivity contribution is 0.000123. The number of hydrogen-bond acceptors (Lipinski definition) is 4. The van der Waals surface area contributed by atoms with E-state index in [9.17, 15) is 4.79 Å². The standard InChI is InChI=1S/C14H16ClIN4O2/c1-14(2,3)22-13(21)19-6-8(7-19)20-11-9(15)4-5-17-10(11)12(16)18-20/h4-5,8H,6-7H2,1-3H3. The monoisotopic (exact) mass is 434 g/mol. The van der Waals surface area contributed by atoms with Gasteiger partial charge in [0.1, 0.15) is 20.3 Å². The van der Waals surface area contributed by atoms with Crippen molar-refractivity contribution in [3.63, 3.8) is 0 Å². The zero-order valence-electron chi connectivity index (χ0n) is 12.5. The minimum absolute atomic E-state index is 0.0974. The first-order chi connectivity index (χ1) is 10.3. The fourth-order valence-corrected chi connectivity index (χ4v) is 3.20. The maximum atomic E-state index is 12.0. The summed E-state index contributed by atoms with van der Waals surface area (Å²) in [4.78, 5) is 18.0. The van der Waals surface area contributed by atoms with Crippen molar-refractivity contribution >= 4 is 51.3 Å². The predicted molar refractivity (Wildman–Crippen MR) is 92.1 cm³/mol. The van der Waals surface area contributed by atoms with Crippen LogP contribution in [0.3, 0.4) is 0 Å². The van der Waals surface area contributed by atoms with E-state index in [1.54, 1.807) is 17.2 Å². The summed E-state index contributed by atoms with van der Waals surface area (Å²) in [6.07, 6.45) is 1.38. The molecule has 1 aliphatic heterocycles. The molecule has 8 heteroatoms. The number of aromatic nitrogens is 3. The molecular weight excluding hydrogens is 419 g/mol. The Bertz CT molecular complexity index is 734. The molecule has 0 atom stereocenters. The van der Waals surface area contributed by atoms with E-state index < -0.39 is 5.60 Å². The number of fused-ring (bicyclic) bond motifs is 1. The first-order valence-corrected chi connectivity index (χ1v) is 8.38. The minimum Gasteiger partial charge on any atom is -0.444 e. The van der Waals surface area contributed by atoms with Crippen molar-refractivity contribution in [1.82, 2.24) is 19.7 Å². The second-order valence-corrected chi connectivity index (χ2v) is 7.69. The number of halogens is 2. The lowest BCUT2D eigenvalue weighted by Crippen LogP contribution is -2.52. The maximum absolute atomic E-state index is 12.0. The molecule has 1 amide bonds. The zero-order chi connectivity index (χ0) is 16.1. The smallest absolute Gasteiger partial charge is 0.410 e. The molecule has 3 heterocycles. The highest BCUT2D eigenvalue weighted by Crippen LogP contribution is 2.31. The summed E-state index contributed by atoms with van der Waals surface area (Å²) in [6.45, 7) is 6.70. The fraction of sp³-hybridized carbons (Fsp3) is 0.500. The Balaban J connectivity index is 1.78. The van der Waals surface area contributed by atoms with Crippen LogP contribution in [0, 0.1) is 3.70 Å². The van der Waals surface area contributed by atoms with E-state index in [2.05, 4.69) is 32.7 Å². The molecule has 1 fully saturated rings. The molecule has 0 radical (unpaired) electrons. The van der Waals surface area contributed by atoms with E-state index in [4.69, 9.17) is 16.3 Å². The van der Waals surface area contributed by atoms with Crippen LogP contribution in [0.25, 0.3) is 11.0 Å². The van der Waals surface area contributed by atoms with Crippen LogP contribution in [0.1, 0.15) is 26.8 Å². The number of nitrogens with zero attached hydrogens (tertiary/aromatic N) is 4. The van der Waals surface area contributed by atoms with E-state index in [1.165, 1.54) is 0 Å². The third-order valence-electron chi connectivity index (χ3n) is 3.35. The van der Waals surface area contributed by atoms with Gasteiger partial charge in [0, 0.05) is 19.3 Å². The molecule has 0 aliphatic carbocycles. The van der Waals surface area contributed by atoms with Crippen molar-refractivity contribution in [2.75, 3.05) is 13.1 Å². The second kappa shape index (κ2) is 5.52. The van der Waals surface area contributed by atoms with Gasteiger partial charge in [0.15, 0.2) is 0 Å². The summed E-state index contributed by atoms with van der Waals surface area (Å²) >= 11 is 8.42. The summed E-state index contributed by atoms with van der Waals surface area (Å²) in [6, 6.07) is 1.85. The molecule has 118 valence electrons. The molecule has 6 nitrogen and oxygen atoms in total. The Kier molecular flexibility index (Phi) is 3.96. The van der Waals surface area contributed by atoms with Gasteiger partial charge in [-0.05, 0) is 49.4 Å². The molecular formula is C14H16ClIN4O2. The van der Waals surface area contributed by atoms with Crippen molar-refractivity contribution in [1.29, 1.82) is 0 Å². The Morgan fingerprint density at radius 2 is 2.14 bits per heavy atom. The van der Waals surface area contributed by atoms with Crippen LogP contribution in [0.2, 0.25) is 5.02 Å². The van der Waals surface area contributed by atoms with Gasteiger partial charge < -0.3 is 9.64 Å². The van der Waals surface area contributed by atoms with Gasteiger partial charge in [-0.15, -0.1) is 0 Å². The summed E-state index contributed by atoms with van der Waals surface area (Å²) in [5, 5.41) is 5.14. The first kappa shape index (κ1) is 15.8. The molecule has 0 spiro atoms. The molecule has 22 heavy (non-hydrogen) atoms. The van der Waals surface area contributed by atoms with Crippen LogP contribution in [0.5, 0.6) is 0 Å². The maximum Gasteiger partial charge on any atom is 0.410 e. The molecule has 3 rings (SSSR count). The van der Waals surface area contributed by atoms with Gasteiger partial charge in [-0.25, -0.2) is 4.79 Å². The molecule has 0 bridgehead atoms. The van der Waals surface area contributed by atoms with Crippen LogP contribution >= 0.6 is 34.2 Å². The minimum atomic E-state index is -0.483. The van der Waals surface area contributed by atoms with Gasteiger partial charge in [-0.1, -0.05) is 11.6 Å². The normalized spacial score (nSPS) is 16.0. The average Bonchev–Trinajstić information content (AvgIpc) is 2.64. The van der Waals surface area contributed by atoms with Crippen molar-refractivity contribution < 1.29 is 9.53 Å². The van der Waals surface area contributed by atoms with E-state index in [0.29, 0.717) is 18.1 Å². The van der Waals surface area contributed by atoms with Crippen molar-refractivity contribution in [3.05, 3.63) is 21.0 Å². The highest BCUT2D eigenvalue weighted by atomic mass is 127. The molecule has 1 aliphatic rings. The molecule has 0 aromatic carbocycles. The SMILES string of the molecule is CC(C)(C)OC(=O)N1CC(n2nc(I)c3nccc(Cl)c32)C1. The average molecular weight is 435 g/mol. The van der Waals surface area contributed by atoms with E-state index in [1.807, 2.05) is 25.5 Å². The van der Waals surface area contributed by atoms with E-state index >= 15 is 0 Å². The highest BCUT2D eigenvalue weighted by molar-refractivity contribution is 14.1. The van der Waals surface area contributed by atoms with E-state index in [-0.39, 0.29) is 12.1 Å². The number of carbonyl (C=O) groups excluding carboxylic acids is 1. The molecule has 2 aromatic heterocycles. The number of ether oxygens (including phenoxy) is 1. The summed E-state index contributed by atoms with van der Waals surface area (Å²) in [5.74, 6) is 0.